The highest BCUT2D eigenvalue weighted by Gasteiger charge is 2.07. The summed E-state index contributed by atoms with van der Waals surface area (Å²) in [6, 6.07) is 21.1. The summed E-state index contributed by atoms with van der Waals surface area (Å²) in [6.07, 6.45) is 2.54. The van der Waals surface area contributed by atoms with Gasteiger partial charge in [0.2, 0.25) is 0 Å². The number of halogens is 1. The van der Waals surface area contributed by atoms with E-state index in [1.165, 1.54) is 5.56 Å². The molecule has 0 aliphatic rings. The van der Waals surface area contributed by atoms with Crippen LogP contribution in [0, 0.1) is 0 Å². The van der Waals surface area contributed by atoms with E-state index in [9.17, 15) is 4.79 Å². The molecule has 0 aliphatic heterocycles. The average Bonchev–Trinajstić information content (AvgIpc) is 2.68. The van der Waals surface area contributed by atoms with Crippen LogP contribution in [0.1, 0.15) is 21.5 Å². The molecule has 0 saturated carbocycles. The number of carbonyl (C=O) groups excluding carboxylic acids is 1. The SMILES string of the molecule is O=C(NCc1ccc(Cl)cc1)c1ccnc(NCCc2ccccc2)c1. The number of hydrogen-bond donors (Lipinski definition) is 2. The van der Waals surface area contributed by atoms with Crippen molar-refractivity contribution < 1.29 is 4.79 Å². The van der Waals surface area contributed by atoms with Crippen LogP contribution in [0.25, 0.3) is 0 Å². The minimum Gasteiger partial charge on any atom is -0.370 e. The molecule has 1 amide bonds. The lowest BCUT2D eigenvalue weighted by Crippen LogP contribution is -2.23. The topological polar surface area (TPSA) is 54.0 Å². The van der Waals surface area contributed by atoms with Gasteiger partial charge in [0.05, 0.1) is 0 Å². The maximum atomic E-state index is 12.3. The lowest BCUT2D eigenvalue weighted by molar-refractivity contribution is 0.0951. The monoisotopic (exact) mass is 365 g/mol. The number of hydrogen-bond acceptors (Lipinski definition) is 3. The van der Waals surface area contributed by atoms with Gasteiger partial charge in [0.1, 0.15) is 5.82 Å². The minimum atomic E-state index is -0.131. The Morgan fingerprint density at radius 1 is 0.962 bits per heavy atom. The second kappa shape index (κ2) is 9.02. The van der Waals surface area contributed by atoms with Crippen molar-refractivity contribution in [2.24, 2.45) is 0 Å². The molecule has 0 fully saturated rings. The molecule has 2 N–H and O–H groups in total. The van der Waals surface area contributed by atoms with Gasteiger partial charge in [0.25, 0.3) is 5.91 Å². The molecule has 1 heterocycles. The van der Waals surface area contributed by atoms with Crippen LogP contribution in [0.2, 0.25) is 5.02 Å². The highest BCUT2D eigenvalue weighted by Crippen LogP contribution is 2.11. The maximum Gasteiger partial charge on any atom is 0.251 e. The van der Waals surface area contributed by atoms with Gasteiger partial charge in [0.15, 0.2) is 0 Å². The van der Waals surface area contributed by atoms with Gasteiger partial charge < -0.3 is 10.6 Å². The van der Waals surface area contributed by atoms with Crippen molar-refractivity contribution in [2.75, 3.05) is 11.9 Å². The summed E-state index contributed by atoms with van der Waals surface area (Å²) in [6.45, 7) is 1.21. The van der Waals surface area contributed by atoms with E-state index < -0.39 is 0 Å². The minimum absolute atomic E-state index is 0.131. The zero-order valence-corrected chi connectivity index (χ0v) is 15.0. The number of aromatic nitrogens is 1. The van der Waals surface area contributed by atoms with Crippen LogP contribution in [-0.4, -0.2) is 17.4 Å². The van der Waals surface area contributed by atoms with Gasteiger partial charge >= 0.3 is 0 Å². The molecular formula is C21H20ClN3O. The van der Waals surface area contributed by atoms with E-state index >= 15 is 0 Å². The van der Waals surface area contributed by atoms with E-state index in [0.717, 1.165) is 18.5 Å². The van der Waals surface area contributed by atoms with Crippen LogP contribution in [0.4, 0.5) is 5.82 Å². The van der Waals surface area contributed by atoms with Gasteiger partial charge in [-0.3, -0.25) is 4.79 Å². The molecule has 2 aromatic carbocycles. The molecule has 4 nitrogen and oxygen atoms in total. The first-order chi connectivity index (χ1) is 12.7. The number of benzene rings is 2. The van der Waals surface area contributed by atoms with Crippen LogP contribution >= 0.6 is 11.6 Å². The summed E-state index contributed by atoms with van der Waals surface area (Å²) >= 11 is 5.87. The van der Waals surface area contributed by atoms with E-state index in [1.54, 1.807) is 18.3 Å². The van der Waals surface area contributed by atoms with Crippen LogP contribution < -0.4 is 10.6 Å². The van der Waals surface area contributed by atoms with Gasteiger partial charge in [-0.2, -0.15) is 0 Å². The Hall–Kier alpha value is -2.85. The fraction of sp³-hybridized carbons (Fsp3) is 0.143. The van der Waals surface area contributed by atoms with Crippen molar-refractivity contribution in [2.45, 2.75) is 13.0 Å². The molecule has 1 aromatic heterocycles. The number of anilines is 1. The van der Waals surface area contributed by atoms with E-state index in [1.807, 2.05) is 42.5 Å². The van der Waals surface area contributed by atoms with E-state index in [4.69, 9.17) is 11.6 Å². The Bertz CT molecular complexity index is 851. The number of rotatable bonds is 7. The molecule has 0 unspecified atom stereocenters. The summed E-state index contributed by atoms with van der Waals surface area (Å²) in [4.78, 5) is 16.6. The molecule has 3 aromatic rings. The van der Waals surface area contributed by atoms with Crippen LogP contribution in [0.5, 0.6) is 0 Å². The smallest absolute Gasteiger partial charge is 0.251 e. The summed E-state index contributed by atoms with van der Waals surface area (Å²) in [5.41, 5.74) is 2.84. The third kappa shape index (κ3) is 5.33. The van der Waals surface area contributed by atoms with Crippen LogP contribution in [0.3, 0.4) is 0 Å². The molecule has 0 spiro atoms. The van der Waals surface area contributed by atoms with Crippen molar-refractivity contribution in [1.29, 1.82) is 0 Å². The second-order valence-corrected chi connectivity index (χ2v) is 6.34. The van der Waals surface area contributed by atoms with Crippen LogP contribution in [-0.2, 0) is 13.0 Å². The van der Waals surface area contributed by atoms with Crippen molar-refractivity contribution in [1.82, 2.24) is 10.3 Å². The lowest BCUT2D eigenvalue weighted by atomic mass is 10.1. The molecular weight excluding hydrogens is 346 g/mol. The Morgan fingerprint density at radius 2 is 1.73 bits per heavy atom. The fourth-order valence-corrected chi connectivity index (χ4v) is 2.66. The van der Waals surface area contributed by atoms with Gasteiger partial charge in [0, 0.05) is 29.9 Å². The van der Waals surface area contributed by atoms with E-state index in [-0.39, 0.29) is 5.91 Å². The summed E-state index contributed by atoms with van der Waals surface area (Å²) in [7, 11) is 0. The quantitative estimate of drug-likeness (QED) is 0.655. The number of amides is 1. The number of pyridine rings is 1. The van der Waals surface area contributed by atoms with Gasteiger partial charge in [-0.1, -0.05) is 54.1 Å². The highest BCUT2D eigenvalue weighted by molar-refractivity contribution is 6.30. The zero-order valence-electron chi connectivity index (χ0n) is 14.3. The zero-order chi connectivity index (χ0) is 18.2. The third-order valence-electron chi connectivity index (χ3n) is 3.95. The van der Waals surface area contributed by atoms with Crippen molar-refractivity contribution in [3.63, 3.8) is 0 Å². The molecule has 26 heavy (non-hydrogen) atoms. The summed E-state index contributed by atoms with van der Waals surface area (Å²) in [5, 5.41) is 6.85. The normalized spacial score (nSPS) is 10.3. The maximum absolute atomic E-state index is 12.3. The Labute approximate surface area is 158 Å². The number of carbonyl (C=O) groups is 1. The number of nitrogens with zero attached hydrogens (tertiary/aromatic N) is 1. The van der Waals surface area contributed by atoms with Gasteiger partial charge in [-0.05, 0) is 41.8 Å². The summed E-state index contributed by atoms with van der Waals surface area (Å²) < 4.78 is 0. The first-order valence-corrected chi connectivity index (χ1v) is 8.85. The lowest BCUT2D eigenvalue weighted by Gasteiger charge is -2.09. The molecule has 3 rings (SSSR count). The Balaban J connectivity index is 1.52. The molecule has 0 atom stereocenters. The van der Waals surface area contributed by atoms with E-state index in [2.05, 4.69) is 27.8 Å². The van der Waals surface area contributed by atoms with Gasteiger partial charge in [-0.15, -0.1) is 0 Å². The first kappa shape index (κ1) is 18.0. The number of nitrogens with one attached hydrogen (secondary N) is 2. The predicted molar refractivity (Wildman–Crippen MR) is 105 cm³/mol. The van der Waals surface area contributed by atoms with Crippen molar-refractivity contribution in [3.8, 4) is 0 Å². The van der Waals surface area contributed by atoms with Gasteiger partial charge in [-0.25, -0.2) is 4.98 Å². The van der Waals surface area contributed by atoms with Crippen molar-refractivity contribution >= 4 is 23.3 Å². The third-order valence-corrected chi connectivity index (χ3v) is 4.20. The fourth-order valence-electron chi connectivity index (χ4n) is 2.53. The van der Waals surface area contributed by atoms with Crippen molar-refractivity contribution in [3.05, 3.63) is 94.6 Å². The standard InChI is InChI=1S/C21H20ClN3O/c22-19-8-6-17(7-9-19)15-25-21(26)18-11-13-24-20(14-18)23-12-10-16-4-2-1-3-5-16/h1-9,11,13-14H,10,12,15H2,(H,23,24)(H,25,26). The molecule has 5 heteroatoms. The van der Waals surface area contributed by atoms with Crippen LogP contribution in [0.15, 0.2) is 72.9 Å². The molecule has 0 bridgehead atoms. The Morgan fingerprint density at radius 3 is 2.50 bits per heavy atom. The molecule has 0 saturated heterocycles. The largest absolute Gasteiger partial charge is 0.370 e. The highest BCUT2D eigenvalue weighted by atomic mass is 35.5. The first-order valence-electron chi connectivity index (χ1n) is 8.47. The summed E-state index contributed by atoms with van der Waals surface area (Å²) in [5.74, 6) is 0.563. The molecule has 132 valence electrons. The van der Waals surface area contributed by atoms with E-state index in [0.29, 0.717) is 22.9 Å². The second-order valence-electron chi connectivity index (χ2n) is 5.90. The average molecular weight is 366 g/mol. The molecule has 0 radical (unpaired) electrons. The molecule has 0 aliphatic carbocycles. The Kier molecular flexibility index (Phi) is 6.23. The predicted octanol–water partition coefficient (Wildman–Crippen LogP) is 4.32.